The van der Waals surface area contributed by atoms with Crippen LogP contribution in [0.3, 0.4) is 0 Å². The molecule has 130 valence electrons. The zero-order valence-electron chi connectivity index (χ0n) is 13.5. The number of carbonyl (C=O) groups is 2. The van der Waals surface area contributed by atoms with Crippen molar-refractivity contribution < 1.29 is 9.59 Å². The second-order valence-electron chi connectivity index (χ2n) is 5.60. The lowest BCUT2D eigenvalue weighted by Crippen LogP contribution is -2.31. The molecule has 1 N–H and O–H groups in total. The number of rotatable bonds is 5. The number of aromatic amines is 1. The van der Waals surface area contributed by atoms with Gasteiger partial charge in [-0.05, 0) is 18.2 Å². The van der Waals surface area contributed by atoms with Crippen LogP contribution in [-0.4, -0.2) is 44.2 Å². The molecule has 0 unspecified atom stereocenters. The van der Waals surface area contributed by atoms with Crippen molar-refractivity contribution >= 4 is 39.5 Å². The van der Waals surface area contributed by atoms with Crippen molar-refractivity contribution in [3.63, 3.8) is 0 Å². The molecule has 26 heavy (non-hydrogen) atoms. The molecule has 2 heterocycles. The molecule has 0 bridgehead atoms. The first-order valence-corrected chi connectivity index (χ1v) is 9.68. The lowest BCUT2D eigenvalue weighted by molar-refractivity contribution is 0.0664. The molecule has 8 heteroatoms. The van der Waals surface area contributed by atoms with Crippen LogP contribution in [-0.2, 0) is 0 Å². The van der Waals surface area contributed by atoms with Crippen LogP contribution >= 0.6 is 27.7 Å². The predicted octanol–water partition coefficient (Wildman–Crippen LogP) is 3.62. The van der Waals surface area contributed by atoms with E-state index >= 15 is 0 Å². The molecule has 3 aromatic rings. The van der Waals surface area contributed by atoms with Gasteiger partial charge < -0.3 is 0 Å². The summed E-state index contributed by atoms with van der Waals surface area (Å²) in [5.41, 5.74) is 1.86. The van der Waals surface area contributed by atoms with E-state index in [-0.39, 0.29) is 11.8 Å². The minimum absolute atomic E-state index is 0.241. The molecule has 2 aromatic carbocycles. The van der Waals surface area contributed by atoms with Gasteiger partial charge in [0.05, 0.1) is 11.1 Å². The third kappa shape index (κ3) is 3.06. The molecule has 0 aliphatic carbocycles. The fraction of sp³-hybridized carbons (Fsp3) is 0.111. The van der Waals surface area contributed by atoms with Gasteiger partial charge in [-0.3, -0.25) is 19.6 Å². The summed E-state index contributed by atoms with van der Waals surface area (Å²) in [5.74, 6) is 0.713. The smallest absolute Gasteiger partial charge is 0.261 e. The normalized spacial score (nSPS) is 13.3. The van der Waals surface area contributed by atoms with Crippen LogP contribution in [0.4, 0.5) is 0 Å². The molecule has 1 aromatic heterocycles. The van der Waals surface area contributed by atoms with E-state index in [4.69, 9.17) is 0 Å². The van der Waals surface area contributed by atoms with Crippen molar-refractivity contribution in [2.24, 2.45) is 0 Å². The third-order valence-corrected chi connectivity index (χ3v) is 5.54. The Hall–Kier alpha value is -2.45. The zero-order chi connectivity index (χ0) is 18.1. The van der Waals surface area contributed by atoms with Crippen LogP contribution in [0, 0.1) is 0 Å². The van der Waals surface area contributed by atoms with Crippen molar-refractivity contribution in [1.29, 1.82) is 0 Å². The van der Waals surface area contributed by atoms with Gasteiger partial charge in [0.2, 0.25) is 5.16 Å². The first-order valence-electron chi connectivity index (χ1n) is 7.90. The van der Waals surface area contributed by atoms with Crippen molar-refractivity contribution in [3.05, 3.63) is 64.1 Å². The van der Waals surface area contributed by atoms with E-state index in [2.05, 4.69) is 31.1 Å². The number of amides is 2. The highest BCUT2D eigenvalue weighted by Crippen LogP contribution is 2.27. The van der Waals surface area contributed by atoms with Gasteiger partial charge in [-0.1, -0.05) is 58.0 Å². The fourth-order valence-electron chi connectivity index (χ4n) is 2.76. The summed E-state index contributed by atoms with van der Waals surface area (Å²) in [7, 11) is 0. The van der Waals surface area contributed by atoms with Crippen LogP contribution in [0.2, 0.25) is 0 Å². The summed E-state index contributed by atoms with van der Waals surface area (Å²) in [6.45, 7) is 0.315. The van der Waals surface area contributed by atoms with Crippen LogP contribution in [0.25, 0.3) is 11.4 Å². The van der Waals surface area contributed by atoms with Crippen LogP contribution < -0.4 is 0 Å². The lowest BCUT2D eigenvalue weighted by Gasteiger charge is -2.12. The fourth-order valence-corrected chi connectivity index (χ4v) is 3.95. The summed E-state index contributed by atoms with van der Waals surface area (Å²) in [5, 5.41) is 7.68. The summed E-state index contributed by atoms with van der Waals surface area (Å²) in [6.07, 6.45) is 0. The highest BCUT2D eigenvalue weighted by molar-refractivity contribution is 9.10. The quantitative estimate of drug-likeness (QED) is 0.495. The molecule has 0 radical (unpaired) electrons. The number of carbonyl (C=O) groups excluding carboxylic acids is 2. The molecule has 0 saturated carbocycles. The molecule has 1 aliphatic heterocycles. The molecular weight excluding hydrogens is 416 g/mol. The third-order valence-electron chi connectivity index (χ3n) is 4.02. The summed E-state index contributed by atoms with van der Waals surface area (Å²) in [6, 6.07) is 14.6. The van der Waals surface area contributed by atoms with Gasteiger partial charge in [-0.2, -0.15) is 0 Å². The number of imide groups is 1. The van der Waals surface area contributed by atoms with Gasteiger partial charge in [-0.25, -0.2) is 4.98 Å². The van der Waals surface area contributed by atoms with Crippen LogP contribution in [0.15, 0.2) is 58.2 Å². The van der Waals surface area contributed by atoms with E-state index in [1.807, 2.05) is 24.3 Å². The van der Waals surface area contributed by atoms with Gasteiger partial charge in [0.1, 0.15) is 0 Å². The second-order valence-corrected chi connectivity index (χ2v) is 7.52. The highest BCUT2D eigenvalue weighted by Gasteiger charge is 2.34. The second kappa shape index (κ2) is 7.05. The molecule has 0 atom stereocenters. The Kier molecular flexibility index (Phi) is 4.60. The molecule has 6 nitrogen and oxygen atoms in total. The molecule has 0 fully saturated rings. The average Bonchev–Trinajstić information content (AvgIpc) is 3.21. The average molecular weight is 429 g/mol. The van der Waals surface area contributed by atoms with E-state index in [0.717, 1.165) is 10.0 Å². The summed E-state index contributed by atoms with van der Waals surface area (Å²) in [4.78, 5) is 30.4. The first-order chi connectivity index (χ1) is 12.6. The molecule has 0 spiro atoms. The number of H-pyrrole nitrogens is 1. The monoisotopic (exact) mass is 428 g/mol. The summed E-state index contributed by atoms with van der Waals surface area (Å²) < 4.78 is 0.929. The van der Waals surface area contributed by atoms with Crippen molar-refractivity contribution in [2.75, 3.05) is 12.3 Å². The molecular formula is C18H13BrN4O2S. The Morgan fingerprint density at radius 3 is 2.23 bits per heavy atom. The van der Waals surface area contributed by atoms with E-state index in [9.17, 15) is 9.59 Å². The Morgan fingerprint density at radius 2 is 1.58 bits per heavy atom. The van der Waals surface area contributed by atoms with Crippen molar-refractivity contribution in [2.45, 2.75) is 5.16 Å². The van der Waals surface area contributed by atoms with E-state index in [1.54, 1.807) is 24.3 Å². The van der Waals surface area contributed by atoms with Gasteiger partial charge >= 0.3 is 0 Å². The van der Waals surface area contributed by atoms with Gasteiger partial charge in [0.25, 0.3) is 11.8 Å². The van der Waals surface area contributed by atoms with E-state index in [0.29, 0.717) is 34.4 Å². The SMILES string of the molecule is O=C1c2ccccc2C(=O)N1CCSc1n[nH]c(-c2ccccc2Br)n1. The Labute approximate surface area is 162 Å². The van der Waals surface area contributed by atoms with E-state index < -0.39 is 0 Å². The number of benzene rings is 2. The van der Waals surface area contributed by atoms with Crippen LogP contribution in [0.1, 0.15) is 20.7 Å². The number of hydrogen-bond acceptors (Lipinski definition) is 5. The Balaban J connectivity index is 1.40. The number of nitrogens with zero attached hydrogens (tertiary/aromatic N) is 3. The Morgan fingerprint density at radius 1 is 0.962 bits per heavy atom. The number of aromatic nitrogens is 3. The molecule has 1 aliphatic rings. The number of fused-ring (bicyclic) bond motifs is 1. The number of nitrogens with one attached hydrogen (secondary N) is 1. The van der Waals surface area contributed by atoms with Crippen molar-refractivity contribution in [1.82, 2.24) is 20.1 Å². The largest absolute Gasteiger partial charge is 0.273 e. The zero-order valence-corrected chi connectivity index (χ0v) is 15.9. The van der Waals surface area contributed by atoms with Gasteiger partial charge in [0, 0.05) is 22.3 Å². The first kappa shape index (κ1) is 17.0. The minimum atomic E-state index is -0.241. The molecule has 0 saturated heterocycles. The molecule has 4 rings (SSSR count). The number of halogens is 1. The van der Waals surface area contributed by atoms with E-state index in [1.165, 1.54) is 16.7 Å². The molecule has 2 amide bonds. The maximum atomic E-state index is 12.3. The topological polar surface area (TPSA) is 79.0 Å². The highest BCUT2D eigenvalue weighted by atomic mass is 79.9. The van der Waals surface area contributed by atoms with Gasteiger partial charge in [0.15, 0.2) is 5.82 Å². The Bertz CT molecular complexity index is 969. The van der Waals surface area contributed by atoms with Crippen molar-refractivity contribution in [3.8, 4) is 11.4 Å². The number of thioether (sulfide) groups is 1. The maximum Gasteiger partial charge on any atom is 0.261 e. The number of hydrogen-bond donors (Lipinski definition) is 1. The standard InChI is InChI=1S/C18H13BrN4O2S/c19-14-8-4-3-7-13(14)15-20-18(22-21-15)26-10-9-23-16(24)11-5-1-2-6-12(11)17(23)25/h1-8H,9-10H2,(H,20,21,22). The van der Waals surface area contributed by atoms with Gasteiger partial charge in [-0.15, -0.1) is 5.10 Å². The summed E-state index contributed by atoms with van der Waals surface area (Å²) >= 11 is 4.89. The predicted molar refractivity (Wildman–Crippen MR) is 102 cm³/mol. The van der Waals surface area contributed by atoms with Crippen LogP contribution in [0.5, 0.6) is 0 Å². The lowest BCUT2D eigenvalue weighted by atomic mass is 10.1. The maximum absolute atomic E-state index is 12.3. The minimum Gasteiger partial charge on any atom is -0.273 e.